The molecule has 212 valence electrons. The van der Waals surface area contributed by atoms with Crippen molar-refractivity contribution in [3.63, 3.8) is 0 Å². The molecule has 5 atom stereocenters. The zero-order valence-electron chi connectivity index (χ0n) is 23.4. The number of rotatable bonds is 11. The van der Waals surface area contributed by atoms with Crippen LogP contribution in [0.25, 0.3) is 10.8 Å². The van der Waals surface area contributed by atoms with E-state index in [0.717, 1.165) is 22.9 Å². The van der Waals surface area contributed by atoms with E-state index in [1.54, 1.807) is 45.7 Å². The molecule has 2 aromatic carbocycles. The second kappa shape index (κ2) is 11.1. The molecule has 3 amide bonds. The first-order chi connectivity index (χ1) is 19.2. The molecule has 3 aliphatic rings. The van der Waals surface area contributed by atoms with Crippen LogP contribution in [0.5, 0.6) is 0 Å². The molecule has 1 N–H and O–H groups in total. The van der Waals surface area contributed by atoms with Crippen molar-refractivity contribution in [1.29, 1.82) is 0 Å². The monoisotopic (exact) mass is 561 g/mol. The van der Waals surface area contributed by atoms with Gasteiger partial charge in [-0.1, -0.05) is 42.5 Å². The van der Waals surface area contributed by atoms with E-state index in [1.165, 1.54) is 0 Å². The molecule has 8 heteroatoms. The van der Waals surface area contributed by atoms with Crippen LogP contribution in [-0.2, 0) is 14.4 Å². The Morgan fingerprint density at radius 2 is 1.80 bits per heavy atom. The minimum atomic E-state index is -0.704. The van der Waals surface area contributed by atoms with Gasteiger partial charge in [-0.25, -0.2) is 0 Å². The second-order valence-corrected chi connectivity index (χ2v) is 13.4. The number of anilines is 1. The van der Waals surface area contributed by atoms with Crippen molar-refractivity contribution in [3.8, 4) is 0 Å². The standard InChI is InChI=1S/C32H39N3O4S/c1-5-17-33(4)28(37)25-26-29(38)35(19-9-10-20-36)27(32(26)16-15-31(25,3)40-32)30(39)34(18-6-2)24-14-13-22-11-7-8-12-23(22)21-24/h5-8,11-14,21,25-27,36H,1-2,9-10,15-20H2,3-4H3/t25-,26-,27?,31+,32?/m0/s1. The summed E-state index contributed by atoms with van der Waals surface area (Å²) in [5, 5.41) is 11.6. The Kier molecular flexibility index (Phi) is 7.86. The van der Waals surface area contributed by atoms with Gasteiger partial charge in [0, 0.05) is 43.7 Å². The van der Waals surface area contributed by atoms with Crippen LogP contribution < -0.4 is 4.90 Å². The molecule has 3 aliphatic heterocycles. The van der Waals surface area contributed by atoms with Crippen molar-refractivity contribution >= 4 is 45.9 Å². The molecule has 0 aliphatic carbocycles. The summed E-state index contributed by atoms with van der Waals surface area (Å²) in [6, 6.07) is 13.3. The number of likely N-dealkylation sites (tertiary alicyclic amines) is 1. The van der Waals surface area contributed by atoms with Crippen LogP contribution in [-0.4, -0.2) is 81.5 Å². The highest BCUT2D eigenvalue weighted by Crippen LogP contribution is 2.71. The first kappa shape index (κ1) is 28.4. The number of carbonyl (C=O) groups is 3. The third kappa shape index (κ3) is 4.45. The first-order valence-corrected chi connectivity index (χ1v) is 14.9. The van der Waals surface area contributed by atoms with Crippen LogP contribution >= 0.6 is 11.8 Å². The van der Waals surface area contributed by atoms with E-state index in [1.807, 2.05) is 42.5 Å². The highest BCUT2D eigenvalue weighted by atomic mass is 32.2. The van der Waals surface area contributed by atoms with Gasteiger partial charge in [0.1, 0.15) is 6.04 Å². The maximum atomic E-state index is 14.7. The Labute approximate surface area is 240 Å². The fraction of sp³-hybridized carbons (Fsp3) is 0.469. The van der Waals surface area contributed by atoms with Crippen LogP contribution in [0.3, 0.4) is 0 Å². The first-order valence-electron chi connectivity index (χ1n) is 14.1. The minimum Gasteiger partial charge on any atom is -0.396 e. The SMILES string of the molecule is C=CCN(C)C(=O)[C@@H]1[C@H]2C(=O)N(CCCCO)C(C(=O)N(CC=C)c3ccc4ccccc4c3)C23CC[C@@]1(C)S3. The maximum Gasteiger partial charge on any atom is 0.251 e. The van der Waals surface area contributed by atoms with E-state index in [-0.39, 0.29) is 24.3 Å². The van der Waals surface area contributed by atoms with Gasteiger partial charge in [-0.05, 0) is 55.5 Å². The summed E-state index contributed by atoms with van der Waals surface area (Å²) >= 11 is 1.68. The topological polar surface area (TPSA) is 81.2 Å². The Hall–Kier alpha value is -3.10. The number of aliphatic hydroxyl groups excluding tert-OH is 1. The highest BCUT2D eigenvalue weighted by Gasteiger charge is 2.77. The number of benzene rings is 2. The molecule has 3 fully saturated rings. The Morgan fingerprint density at radius 1 is 1.07 bits per heavy atom. The summed E-state index contributed by atoms with van der Waals surface area (Å²) in [6.45, 7) is 10.9. The normalized spacial score (nSPS) is 28.5. The molecule has 1 spiro atoms. The Balaban J connectivity index is 1.58. The van der Waals surface area contributed by atoms with E-state index < -0.39 is 27.4 Å². The number of nitrogens with zero attached hydrogens (tertiary/aromatic N) is 3. The van der Waals surface area contributed by atoms with Crippen molar-refractivity contribution in [2.45, 2.75) is 48.1 Å². The molecule has 0 saturated carbocycles. The third-order valence-corrected chi connectivity index (χ3v) is 11.0. The van der Waals surface area contributed by atoms with Gasteiger partial charge < -0.3 is 19.8 Å². The molecule has 0 aromatic heterocycles. The number of likely N-dealkylation sites (N-methyl/N-ethyl adjacent to an activating group) is 1. The number of unbranched alkanes of at least 4 members (excludes halogenated alkanes) is 1. The predicted octanol–water partition coefficient (Wildman–Crippen LogP) is 4.26. The van der Waals surface area contributed by atoms with Gasteiger partial charge >= 0.3 is 0 Å². The number of aliphatic hydroxyl groups is 1. The zero-order chi connectivity index (χ0) is 28.7. The number of hydrogen-bond acceptors (Lipinski definition) is 5. The molecular formula is C32H39N3O4S. The fourth-order valence-corrected chi connectivity index (χ4v) is 9.52. The number of carbonyl (C=O) groups excluding carboxylic acids is 3. The summed E-state index contributed by atoms with van der Waals surface area (Å²) in [6.07, 6.45) is 6.00. The molecule has 40 heavy (non-hydrogen) atoms. The summed E-state index contributed by atoms with van der Waals surface area (Å²) < 4.78 is -1.11. The van der Waals surface area contributed by atoms with Gasteiger partial charge in [0.25, 0.3) is 5.91 Å². The van der Waals surface area contributed by atoms with Crippen LogP contribution in [0.1, 0.15) is 32.6 Å². The van der Waals surface area contributed by atoms with Gasteiger partial charge in [-0.2, -0.15) is 0 Å². The van der Waals surface area contributed by atoms with Gasteiger partial charge in [0.15, 0.2) is 0 Å². The Morgan fingerprint density at radius 3 is 2.50 bits per heavy atom. The van der Waals surface area contributed by atoms with Gasteiger partial charge in [-0.3, -0.25) is 14.4 Å². The lowest BCUT2D eigenvalue weighted by Gasteiger charge is -2.38. The van der Waals surface area contributed by atoms with Crippen LogP contribution in [0.4, 0.5) is 5.69 Å². The molecule has 5 rings (SSSR count). The third-order valence-electron chi connectivity index (χ3n) is 8.99. The predicted molar refractivity (Wildman–Crippen MR) is 161 cm³/mol. The number of hydrogen-bond donors (Lipinski definition) is 1. The van der Waals surface area contributed by atoms with Crippen molar-refractivity contribution in [2.75, 3.05) is 38.2 Å². The fourth-order valence-electron chi connectivity index (χ4n) is 7.18. The quantitative estimate of drug-likeness (QED) is 0.328. The number of amides is 3. The van der Waals surface area contributed by atoms with Gasteiger partial charge in [0.2, 0.25) is 11.8 Å². The largest absolute Gasteiger partial charge is 0.396 e. The van der Waals surface area contributed by atoms with Crippen molar-refractivity contribution in [3.05, 3.63) is 67.8 Å². The van der Waals surface area contributed by atoms with Crippen molar-refractivity contribution in [1.82, 2.24) is 9.80 Å². The molecular weight excluding hydrogens is 522 g/mol. The summed E-state index contributed by atoms with van der Waals surface area (Å²) in [7, 11) is 1.75. The molecule has 3 heterocycles. The maximum absolute atomic E-state index is 14.7. The minimum absolute atomic E-state index is 0.0230. The molecule has 7 nitrogen and oxygen atoms in total. The van der Waals surface area contributed by atoms with Gasteiger partial charge in [0.05, 0.1) is 16.6 Å². The summed E-state index contributed by atoms with van der Waals surface area (Å²) in [5.74, 6) is -1.39. The smallest absolute Gasteiger partial charge is 0.251 e. The van der Waals surface area contributed by atoms with Crippen LogP contribution in [0.15, 0.2) is 67.8 Å². The number of thioether (sulfide) groups is 1. The van der Waals surface area contributed by atoms with Crippen LogP contribution in [0, 0.1) is 11.8 Å². The van der Waals surface area contributed by atoms with Gasteiger partial charge in [-0.15, -0.1) is 24.9 Å². The zero-order valence-corrected chi connectivity index (χ0v) is 24.2. The summed E-state index contributed by atoms with van der Waals surface area (Å²) in [4.78, 5) is 47.9. The molecule has 2 aromatic rings. The second-order valence-electron chi connectivity index (χ2n) is 11.5. The van der Waals surface area contributed by atoms with Crippen molar-refractivity contribution < 1.29 is 19.5 Å². The van der Waals surface area contributed by atoms with E-state index in [2.05, 4.69) is 20.1 Å². The lowest BCUT2D eigenvalue weighted by atomic mass is 9.66. The lowest BCUT2D eigenvalue weighted by Crippen LogP contribution is -2.55. The molecule has 2 bridgehead atoms. The van der Waals surface area contributed by atoms with E-state index in [9.17, 15) is 19.5 Å². The van der Waals surface area contributed by atoms with Crippen molar-refractivity contribution in [2.24, 2.45) is 11.8 Å². The van der Waals surface area contributed by atoms with E-state index in [4.69, 9.17) is 0 Å². The number of fused-ring (bicyclic) bond motifs is 2. The highest BCUT2D eigenvalue weighted by molar-refractivity contribution is 8.02. The average Bonchev–Trinajstić information content (AvgIpc) is 3.51. The van der Waals surface area contributed by atoms with E-state index in [0.29, 0.717) is 38.9 Å². The molecule has 0 radical (unpaired) electrons. The molecule has 3 saturated heterocycles. The Bertz CT molecular complexity index is 1350. The lowest BCUT2D eigenvalue weighted by molar-refractivity contribution is -0.144. The summed E-state index contributed by atoms with van der Waals surface area (Å²) in [5.41, 5.74) is 0.758. The van der Waals surface area contributed by atoms with E-state index >= 15 is 0 Å². The average molecular weight is 562 g/mol. The molecule has 2 unspecified atom stereocenters. The van der Waals surface area contributed by atoms with Crippen LogP contribution in [0.2, 0.25) is 0 Å².